The van der Waals surface area contributed by atoms with Gasteiger partial charge in [-0.25, -0.2) is 0 Å². The Morgan fingerprint density at radius 1 is 1.08 bits per heavy atom. The minimum absolute atomic E-state index is 0.0231. The zero-order valence-corrected chi connectivity index (χ0v) is 8.62. The van der Waals surface area contributed by atoms with E-state index in [1.54, 1.807) is 0 Å². The average molecular weight is 181 g/mol. The van der Waals surface area contributed by atoms with Crippen LogP contribution in [0.5, 0.6) is 0 Å². The number of rotatable bonds is 1. The van der Waals surface area contributed by atoms with Crippen LogP contribution in [-0.4, -0.2) is 24.3 Å². The summed E-state index contributed by atoms with van der Waals surface area (Å²) >= 11 is 0. The smallest absolute Gasteiger partial charge is 0.102 e. The highest BCUT2D eigenvalue weighted by Crippen LogP contribution is 2.63. The van der Waals surface area contributed by atoms with Crippen LogP contribution < -0.4 is 0 Å². The van der Waals surface area contributed by atoms with Gasteiger partial charge in [-0.05, 0) is 31.1 Å². The molecular weight excluding hydrogens is 162 g/mol. The molecule has 0 amide bonds. The highest BCUT2D eigenvalue weighted by atomic mass is 16.5. The molecule has 13 heavy (non-hydrogen) atoms. The maximum absolute atomic E-state index is 12.2. The van der Waals surface area contributed by atoms with Gasteiger partial charge in [-0.1, -0.05) is 0 Å². The average Bonchev–Trinajstić information content (AvgIpc) is 2.35. The molecule has 0 aromatic rings. The highest BCUT2D eigenvalue weighted by molar-refractivity contribution is 5.09. The van der Waals surface area contributed by atoms with E-state index < -0.39 is 0 Å². The molecule has 4 rings (SSSR count). The van der Waals surface area contributed by atoms with Crippen LogP contribution in [0.2, 0.25) is 0 Å². The van der Waals surface area contributed by atoms with Crippen molar-refractivity contribution in [1.29, 1.82) is 0 Å². The maximum Gasteiger partial charge on any atom is 0.102 e. The van der Waals surface area contributed by atoms with E-state index in [2.05, 4.69) is 0 Å². The van der Waals surface area contributed by atoms with Crippen molar-refractivity contribution in [2.75, 3.05) is 14.1 Å². The van der Waals surface area contributed by atoms with Crippen molar-refractivity contribution in [2.45, 2.75) is 37.6 Å². The number of hydrogen-bond donors (Lipinski definition) is 0. The Bertz CT molecular complexity index is 229. The molecular formula is C11H19NO. The van der Waals surface area contributed by atoms with E-state index in [4.69, 9.17) is 0 Å². The van der Waals surface area contributed by atoms with Crippen LogP contribution in [0.1, 0.15) is 32.1 Å². The quantitative estimate of drug-likeness (QED) is 0.449. The summed E-state index contributed by atoms with van der Waals surface area (Å²) in [6.45, 7) is 0. The molecule has 2 nitrogen and oxygen atoms in total. The molecule has 0 aliphatic heterocycles. The monoisotopic (exact) mass is 181 g/mol. The molecule has 0 spiro atoms. The zero-order chi connectivity index (χ0) is 9.27. The van der Waals surface area contributed by atoms with E-state index in [0.29, 0.717) is 0 Å². The van der Waals surface area contributed by atoms with Crippen molar-refractivity contribution in [3.8, 4) is 0 Å². The van der Waals surface area contributed by atoms with Crippen molar-refractivity contribution in [2.24, 2.45) is 17.8 Å². The van der Waals surface area contributed by atoms with Crippen molar-refractivity contribution in [1.82, 2.24) is 0 Å². The van der Waals surface area contributed by atoms with E-state index in [1.807, 2.05) is 14.1 Å². The molecule has 4 saturated carbocycles. The summed E-state index contributed by atoms with van der Waals surface area (Å²) in [4.78, 5) is 0. The summed E-state index contributed by atoms with van der Waals surface area (Å²) in [7, 11) is 3.73. The molecule has 0 heterocycles. The largest absolute Gasteiger partial charge is 0.633 e. The Labute approximate surface area is 80.1 Å². The second-order valence-corrected chi connectivity index (χ2v) is 6.00. The van der Waals surface area contributed by atoms with Gasteiger partial charge in [-0.15, -0.1) is 0 Å². The van der Waals surface area contributed by atoms with Gasteiger partial charge in [0.1, 0.15) is 5.54 Å². The Morgan fingerprint density at radius 3 is 2.00 bits per heavy atom. The summed E-state index contributed by atoms with van der Waals surface area (Å²) in [5.41, 5.74) is 0.146. The lowest BCUT2D eigenvalue weighted by Crippen LogP contribution is -2.56. The molecule has 2 unspecified atom stereocenters. The molecule has 0 aromatic carbocycles. The molecule has 74 valence electrons. The summed E-state index contributed by atoms with van der Waals surface area (Å²) in [5.74, 6) is 2.58. The predicted octanol–water partition coefficient (Wildman–Crippen LogP) is 2.14. The normalized spacial score (nSPS) is 53.3. The van der Waals surface area contributed by atoms with Gasteiger partial charge in [0.05, 0.1) is 14.1 Å². The lowest BCUT2D eigenvalue weighted by molar-refractivity contribution is -0.899. The molecule has 4 fully saturated rings. The first-order valence-corrected chi connectivity index (χ1v) is 5.56. The topological polar surface area (TPSA) is 23.1 Å². The van der Waals surface area contributed by atoms with E-state index in [1.165, 1.54) is 32.1 Å². The van der Waals surface area contributed by atoms with Gasteiger partial charge in [-0.3, -0.25) is 0 Å². The summed E-state index contributed by atoms with van der Waals surface area (Å²) < 4.78 is -0.0231. The maximum atomic E-state index is 12.2. The van der Waals surface area contributed by atoms with Crippen LogP contribution in [-0.2, 0) is 0 Å². The minimum atomic E-state index is -0.0231. The minimum Gasteiger partial charge on any atom is -0.633 e. The van der Waals surface area contributed by atoms with Gasteiger partial charge < -0.3 is 9.85 Å². The van der Waals surface area contributed by atoms with Crippen LogP contribution in [0.3, 0.4) is 0 Å². The third kappa shape index (κ3) is 0.861. The number of nitrogens with zero attached hydrogens (tertiary/aromatic N) is 1. The van der Waals surface area contributed by atoms with Crippen LogP contribution in [0, 0.1) is 23.0 Å². The Morgan fingerprint density at radius 2 is 1.62 bits per heavy atom. The fourth-order valence-electron chi connectivity index (χ4n) is 4.63. The fourth-order valence-corrected chi connectivity index (χ4v) is 4.63. The van der Waals surface area contributed by atoms with E-state index in [9.17, 15) is 5.21 Å². The van der Waals surface area contributed by atoms with E-state index >= 15 is 0 Å². The Balaban J connectivity index is 2.01. The first kappa shape index (κ1) is 8.25. The van der Waals surface area contributed by atoms with Gasteiger partial charge in [0, 0.05) is 18.8 Å². The van der Waals surface area contributed by atoms with Gasteiger partial charge in [0.25, 0.3) is 0 Å². The van der Waals surface area contributed by atoms with Gasteiger partial charge >= 0.3 is 0 Å². The second kappa shape index (κ2) is 2.12. The molecule has 4 aliphatic carbocycles. The number of hydrogen-bond acceptors (Lipinski definition) is 1. The molecule has 0 saturated heterocycles. The first-order chi connectivity index (χ1) is 6.01. The van der Waals surface area contributed by atoms with Crippen molar-refractivity contribution in [3.05, 3.63) is 5.21 Å². The summed E-state index contributed by atoms with van der Waals surface area (Å²) in [6.07, 6.45) is 6.61. The van der Waals surface area contributed by atoms with E-state index in [-0.39, 0.29) is 10.2 Å². The molecule has 0 radical (unpaired) electrons. The number of quaternary nitrogens is 1. The highest BCUT2D eigenvalue weighted by Gasteiger charge is 2.63. The van der Waals surface area contributed by atoms with Crippen molar-refractivity contribution in [3.63, 3.8) is 0 Å². The van der Waals surface area contributed by atoms with Crippen LogP contribution >= 0.6 is 0 Å². The summed E-state index contributed by atoms with van der Waals surface area (Å²) in [5, 5.41) is 12.2. The zero-order valence-electron chi connectivity index (χ0n) is 8.62. The van der Waals surface area contributed by atoms with E-state index in [0.717, 1.165) is 17.8 Å². The predicted molar refractivity (Wildman–Crippen MR) is 51.8 cm³/mol. The van der Waals surface area contributed by atoms with Gasteiger partial charge in [0.2, 0.25) is 0 Å². The van der Waals surface area contributed by atoms with Crippen molar-refractivity contribution >= 4 is 0 Å². The SMILES string of the molecule is C[N+](C)([O-])C12CC3CC(CC1C3)C2. The Hall–Kier alpha value is -0.0800. The molecule has 2 atom stereocenters. The molecule has 2 heteroatoms. The third-order valence-electron chi connectivity index (χ3n) is 5.02. The molecule has 4 aliphatic rings. The summed E-state index contributed by atoms with van der Waals surface area (Å²) in [6, 6.07) is 0. The molecule has 4 bridgehead atoms. The molecule has 0 aromatic heterocycles. The third-order valence-corrected chi connectivity index (χ3v) is 5.02. The second-order valence-electron chi connectivity index (χ2n) is 6.00. The molecule has 0 N–H and O–H groups in total. The Kier molecular flexibility index (Phi) is 1.34. The standard InChI is InChI=1S/C11H19NO/c1-12(2,13)11-6-8-3-9(7-11)5-10(11)4-8/h8-10H,3-7H2,1-2H3. The van der Waals surface area contributed by atoms with Crippen LogP contribution in [0.4, 0.5) is 0 Å². The van der Waals surface area contributed by atoms with Gasteiger partial charge in [0.15, 0.2) is 0 Å². The first-order valence-electron chi connectivity index (χ1n) is 5.56. The van der Waals surface area contributed by atoms with Crippen molar-refractivity contribution < 1.29 is 4.65 Å². The number of hydroxylamine groups is 3. The lowest BCUT2D eigenvalue weighted by atomic mass is 9.80. The van der Waals surface area contributed by atoms with Gasteiger partial charge in [-0.2, -0.15) is 0 Å². The van der Waals surface area contributed by atoms with Crippen LogP contribution in [0.15, 0.2) is 0 Å². The fraction of sp³-hybridized carbons (Fsp3) is 1.00. The van der Waals surface area contributed by atoms with Crippen LogP contribution in [0.25, 0.3) is 0 Å². The lowest BCUT2D eigenvalue weighted by Gasteiger charge is -2.52.